The Morgan fingerprint density at radius 3 is 2.35 bits per heavy atom. The lowest BCUT2D eigenvalue weighted by molar-refractivity contribution is 0.178. The first-order valence-electron chi connectivity index (χ1n) is 6.29. The SMILES string of the molecule is CCCNc1cc(NCCS(N)(=O)=O)nc(COC)n1. The van der Waals surface area contributed by atoms with E-state index in [-0.39, 0.29) is 18.9 Å². The van der Waals surface area contributed by atoms with Gasteiger partial charge in [0.25, 0.3) is 0 Å². The first-order chi connectivity index (χ1) is 9.44. The zero-order valence-corrected chi connectivity index (χ0v) is 12.5. The van der Waals surface area contributed by atoms with Crippen LogP contribution >= 0.6 is 0 Å². The lowest BCUT2D eigenvalue weighted by Crippen LogP contribution is -2.22. The van der Waals surface area contributed by atoms with Crippen LogP contribution in [0, 0.1) is 0 Å². The van der Waals surface area contributed by atoms with Crippen LogP contribution in [0.4, 0.5) is 11.6 Å². The van der Waals surface area contributed by atoms with Crippen molar-refractivity contribution in [1.82, 2.24) is 9.97 Å². The van der Waals surface area contributed by atoms with E-state index in [1.807, 2.05) is 0 Å². The van der Waals surface area contributed by atoms with Gasteiger partial charge in [-0.15, -0.1) is 0 Å². The van der Waals surface area contributed by atoms with Crippen molar-refractivity contribution in [2.45, 2.75) is 20.0 Å². The van der Waals surface area contributed by atoms with Crippen LogP contribution in [0.1, 0.15) is 19.2 Å². The number of methoxy groups -OCH3 is 1. The second-order valence-electron chi connectivity index (χ2n) is 4.21. The summed E-state index contributed by atoms with van der Waals surface area (Å²) in [5.41, 5.74) is 0. The normalized spacial score (nSPS) is 11.3. The molecule has 1 heterocycles. The molecule has 0 saturated heterocycles. The van der Waals surface area contributed by atoms with Crippen LogP contribution in [-0.4, -0.2) is 44.3 Å². The highest BCUT2D eigenvalue weighted by Gasteiger charge is 2.06. The summed E-state index contributed by atoms with van der Waals surface area (Å²) in [6.45, 7) is 3.32. The Hall–Kier alpha value is -1.45. The van der Waals surface area contributed by atoms with Gasteiger partial charge in [0.15, 0.2) is 5.82 Å². The number of hydrogen-bond acceptors (Lipinski definition) is 7. The van der Waals surface area contributed by atoms with Gasteiger partial charge in [-0.05, 0) is 6.42 Å². The van der Waals surface area contributed by atoms with Crippen molar-refractivity contribution >= 4 is 21.7 Å². The molecule has 20 heavy (non-hydrogen) atoms. The van der Waals surface area contributed by atoms with Crippen molar-refractivity contribution in [3.8, 4) is 0 Å². The Bertz CT molecular complexity index is 521. The molecule has 0 saturated carbocycles. The van der Waals surface area contributed by atoms with Gasteiger partial charge in [0, 0.05) is 26.3 Å². The highest BCUT2D eigenvalue weighted by Crippen LogP contribution is 2.12. The summed E-state index contributed by atoms with van der Waals surface area (Å²) in [5.74, 6) is 1.57. The highest BCUT2D eigenvalue weighted by molar-refractivity contribution is 7.89. The number of hydrogen-bond donors (Lipinski definition) is 3. The highest BCUT2D eigenvalue weighted by atomic mass is 32.2. The molecule has 114 valence electrons. The molecule has 0 bridgehead atoms. The fourth-order valence-corrected chi connectivity index (χ4v) is 1.83. The van der Waals surface area contributed by atoms with Gasteiger partial charge >= 0.3 is 0 Å². The van der Waals surface area contributed by atoms with Gasteiger partial charge in [-0.1, -0.05) is 6.92 Å². The Labute approximate surface area is 119 Å². The number of rotatable bonds is 9. The molecule has 0 spiro atoms. The van der Waals surface area contributed by atoms with Gasteiger partial charge in [0.1, 0.15) is 18.2 Å². The number of nitrogens with zero attached hydrogens (tertiary/aromatic N) is 2. The fourth-order valence-electron chi connectivity index (χ4n) is 1.45. The van der Waals surface area contributed by atoms with Crippen LogP contribution in [0.15, 0.2) is 6.07 Å². The van der Waals surface area contributed by atoms with Crippen molar-refractivity contribution < 1.29 is 13.2 Å². The fraction of sp³-hybridized carbons (Fsp3) is 0.636. The third-order valence-corrected chi connectivity index (χ3v) is 3.07. The Morgan fingerprint density at radius 2 is 1.85 bits per heavy atom. The summed E-state index contributed by atoms with van der Waals surface area (Å²) >= 11 is 0. The maximum Gasteiger partial charge on any atom is 0.210 e. The van der Waals surface area contributed by atoms with Gasteiger partial charge < -0.3 is 15.4 Å². The summed E-state index contributed by atoms with van der Waals surface area (Å²) in [6, 6.07) is 1.72. The average molecular weight is 303 g/mol. The van der Waals surface area contributed by atoms with E-state index < -0.39 is 10.0 Å². The minimum Gasteiger partial charge on any atom is -0.377 e. The lowest BCUT2D eigenvalue weighted by Gasteiger charge is -2.10. The van der Waals surface area contributed by atoms with Crippen molar-refractivity contribution in [1.29, 1.82) is 0 Å². The second-order valence-corrected chi connectivity index (χ2v) is 5.94. The third kappa shape index (κ3) is 6.64. The molecule has 4 N–H and O–H groups in total. The molecular formula is C11H21N5O3S. The van der Waals surface area contributed by atoms with Crippen LogP contribution in [0.2, 0.25) is 0 Å². The topological polar surface area (TPSA) is 119 Å². The first-order valence-corrected chi connectivity index (χ1v) is 8.01. The standard InChI is InChI=1S/C11H21N5O3S/c1-3-4-13-9-7-10(14-5-6-20(12,17)18)16-11(15-9)8-19-2/h7H,3-6,8H2,1-2H3,(H2,12,17,18)(H2,13,14,15,16). The summed E-state index contributed by atoms with van der Waals surface area (Å²) < 4.78 is 26.7. The first kappa shape index (κ1) is 16.6. The van der Waals surface area contributed by atoms with Crippen LogP contribution in [-0.2, 0) is 21.4 Å². The average Bonchev–Trinajstić information content (AvgIpc) is 2.35. The van der Waals surface area contributed by atoms with E-state index in [4.69, 9.17) is 9.88 Å². The third-order valence-electron chi connectivity index (χ3n) is 2.29. The number of nitrogens with one attached hydrogen (secondary N) is 2. The molecule has 0 aromatic carbocycles. The van der Waals surface area contributed by atoms with Gasteiger partial charge in [0.05, 0.1) is 5.75 Å². The number of sulfonamides is 1. The molecule has 0 aliphatic rings. The molecule has 0 fully saturated rings. The molecule has 0 aliphatic carbocycles. The molecule has 1 rings (SSSR count). The van der Waals surface area contributed by atoms with Crippen LogP contribution in [0.5, 0.6) is 0 Å². The van der Waals surface area contributed by atoms with E-state index in [1.54, 1.807) is 13.2 Å². The van der Waals surface area contributed by atoms with Gasteiger partial charge in [-0.2, -0.15) is 0 Å². The zero-order chi connectivity index (χ0) is 15.0. The van der Waals surface area contributed by atoms with Crippen molar-refractivity contribution in [2.75, 3.05) is 36.6 Å². The Kier molecular flexibility index (Phi) is 6.62. The Morgan fingerprint density at radius 1 is 1.25 bits per heavy atom. The number of nitrogens with two attached hydrogens (primary N) is 1. The number of aromatic nitrogens is 2. The predicted molar refractivity (Wildman–Crippen MR) is 78.0 cm³/mol. The monoisotopic (exact) mass is 303 g/mol. The summed E-state index contributed by atoms with van der Waals surface area (Å²) in [5, 5.41) is 11.0. The molecule has 1 aromatic rings. The predicted octanol–water partition coefficient (Wildman–Crippen LogP) is 0.145. The molecular weight excluding hydrogens is 282 g/mol. The van der Waals surface area contributed by atoms with E-state index in [0.717, 1.165) is 13.0 Å². The van der Waals surface area contributed by atoms with E-state index in [1.165, 1.54) is 0 Å². The van der Waals surface area contributed by atoms with E-state index in [2.05, 4.69) is 27.5 Å². The summed E-state index contributed by atoms with van der Waals surface area (Å²) in [4.78, 5) is 8.52. The van der Waals surface area contributed by atoms with Crippen LogP contribution in [0.25, 0.3) is 0 Å². The van der Waals surface area contributed by atoms with Crippen LogP contribution in [0.3, 0.4) is 0 Å². The molecule has 0 amide bonds. The number of primary sulfonamides is 1. The summed E-state index contributed by atoms with van der Waals surface area (Å²) in [6.07, 6.45) is 0.970. The Balaban J connectivity index is 2.74. The number of anilines is 2. The summed E-state index contributed by atoms with van der Waals surface area (Å²) in [7, 11) is -1.93. The zero-order valence-electron chi connectivity index (χ0n) is 11.7. The van der Waals surface area contributed by atoms with Crippen molar-refractivity contribution in [3.05, 3.63) is 11.9 Å². The van der Waals surface area contributed by atoms with Gasteiger partial charge in [-0.3, -0.25) is 0 Å². The smallest absolute Gasteiger partial charge is 0.210 e. The number of ether oxygens (including phenoxy) is 1. The van der Waals surface area contributed by atoms with Gasteiger partial charge in [-0.25, -0.2) is 23.5 Å². The molecule has 0 radical (unpaired) electrons. The van der Waals surface area contributed by atoms with E-state index >= 15 is 0 Å². The van der Waals surface area contributed by atoms with Crippen molar-refractivity contribution in [3.63, 3.8) is 0 Å². The minimum atomic E-state index is -3.49. The van der Waals surface area contributed by atoms with Gasteiger partial charge in [0.2, 0.25) is 10.0 Å². The van der Waals surface area contributed by atoms with Crippen LogP contribution < -0.4 is 15.8 Å². The molecule has 0 atom stereocenters. The molecule has 1 aromatic heterocycles. The quantitative estimate of drug-likeness (QED) is 0.594. The van der Waals surface area contributed by atoms with E-state index in [0.29, 0.717) is 17.5 Å². The molecule has 8 nitrogen and oxygen atoms in total. The second kappa shape index (κ2) is 7.98. The maximum atomic E-state index is 10.9. The molecule has 0 unspecified atom stereocenters. The largest absolute Gasteiger partial charge is 0.377 e. The van der Waals surface area contributed by atoms with Crippen molar-refractivity contribution in [2.24, 2.45) is 5.14 Å². The molecule has 9 heteroatoms. The van der Waals surface area contributed by atoms with E-state index in [9.17, 15) is 8.42 Å². The maximum absolute atomic E-state index is 10.9. The molecule has 0 aliphatic heterocycles. The minimum absolute atomic E-state index is 0.158. The lowest BCUT2D eigenvalue weighted by atomic mass is 10.4.